The van der Waals surface area contributed by atoms with E-state index in [-0.39, 0.29) is 11.8 Å². The molecule has 0 aliphatic heterocycles. The van der Waals surface area contributed by atoms with Crippen molar-refractivity contribution in [2.45, 2.75) is 39.2 Å². The number of hydrogen-bond donors (Lipinski definition) is 1. The minimum absolute atomic E-state index is 0.170. The predicted molar refractivity (Wildman–Crippen MR) is 72.0 cm³/mol. The molecule has 1 aromatic rings. The van der Waals surface area contributed by atoms with Gasteiger partial charge >= 0.3 is 0 Å². The van der Waals surface area contributed by atoms with Gasteiger partial charge in [0, 0.05) is 18.1 Å². The van der Waals surface area contributed by atoms with Crippen molar-refractivity contribution in [3.8, 4) is 0 Å². The molecule has 1 aromatic heterocycles. The molecule has 0 saturated heterocycles. The van der Waals surface area contributed by atoms with Crippen LogP contribution in [-0.4, -0.2) is 30.6 Å². The SMILES string of the molecule is CCc1nnc(C)cc1C(N)CCCS(C)(=O)=O. The van der Waals surface area contributed by atoms with Gasteiger partial charge in [-0.3, -0.25) is 0 Å². The molecule has 0 saturated carbocycles. The van der Waals surface area contributed by atoms with Crippen LogP contribution < -0.4 is 5.73 Å². The lowest BCUT2D eigenvalue weighted by Crippen LogP contribution is -2.16. The largest absolute Gasteiger partial charge is 0.324 e. The van der Waals surface area contributed by atoms with Crippen molar-refractivity contribution < 1.29 is 8.42 Å². The number of sulfone groups is 1. The zero-order chi connectivity index (χ0) is 13.8. The number of rotatable bonds is 6. The highest BCUT2D eigenvalue weighted by molar-refractivity contribution is 7.90. The van der Waals surface area contributed by atoms with E-state index in [1.165, 1.54) is 6.26 Å². The maximum Gasteiger partial charge on any atom is 0.147 e. The van der Waals surface area contributed by atoms with Crippen molar-refractivity contribution in [3.63, 3.8) is 0 Å². The minimum atomic E-state index is -2.91. The van der Waals surface area contributed by atoms with Gasteiger partial charge in [0.25, 0.3) is 0 Å². The van der Waals surface area contributed by atoms with E-state index in [0.717, 1.165) is 23.4 Å². The monoisotopic (exact) mass is 271 g/mol. The van der Waals surface area contributed by atoms with Crippen LogP contribution in [0.3, 0.4) is 0 Å². The molecule has 0 bridgehead atoms. The summed E-state index contributed by atoms with van der Waals surface area (Å²) in [5, 5.41) is 8.14. The van der Waals surface area contributed by atoms with E-state index < -0.39 is 9.84 Å². The number of aromatic nitrogens is 2. The lowest BCUT2D eigenvalue weighted by Gasteiger charge is -2.15. The molecule has 1 heterocycles. The molecular weight excluding hydrogens is 250 g/mol. The first-order chi connectivity index (χ1) is 8.33. The predicted octanol–water partition coefficient (Wildman–Crippen LogP) is 1.17. The Hall–Kier alpha value is -1.01. The molecule has 0 aliphatic rings. The molecule has 6 heteroatoms. The van der Waals surface area contributed by atoms with E-state index in [4.69, 9.17) is 5.73 Å². The van der Waals surface area contributed by atoms with E-state index in [1.807, 2.05) is 19.9 Å². The van der Waals surface area contributed by atoms with Crippen molar-refractivity contribution in [1.29, 1.82) is 0 Å². The van der Waals surface area contributed by atoms with Crippen molar-refractivity contribution >= 4 is 9.84 Å². The summed E-state index contributed by atoms with van der Waals surface area (Å²) in [6.45, 7) is 3.88. The summed E-state index contributed by atoms with van der Waals surface area (Å²) in [4.78, 5) is 0. The maximum atomic E-state index is 11.1. The smallest absolute Gasteiger partial charge is 0.147 e. The summed E-state index contributed by atoms with van der Waals surface area (Å²) in [6, 6.07) is 1.77. The summed E-state index contributed by atoms with van der Waals surface area (Å²) >= 11 is 0. The molecule has 0 amide bonds. The van der Waals surface area contributed by atoms with Gasteiger partial charge < -0.3 is 5.73 Å². The Balaban J connectivity index is 2.71. The summed E-state index contributed by atoms with van der Waals surface area (Å²) in [5.74, 6) is 0.180. The number of nitrogens with two attached hydrogens (primary N) is 1. The second kappa shape index (κ2) is 6.24. The Morgan fingerprint density at radius 2 is 2.06 bits per heavy atom. The molecule has 102 valence electrons. The lowest BCUT2D eigenvalue weighted by atomic mass is 10.0. The van der Waals surface area contributed by atoms with E-state index in [1.54, 1.807) is 0 Å². The van der Waals surface area contributed by atoms with Gasteiger partial charge in [-0.1, -0.05) is 6.92 Å². The minimum Gasteiger partial charge on any atom is -0.324 e. The zero-order valence-electron chi connectivity index (χ0n) is 11.2. The average molecular weight is 271 g/mol. The molecule has 0 spiro atoms. The summed E-state index contributed by atoms with van der Waals surface area (Å²) < 4.78 is 22.1. The quantitative estimate of drug-likeness (QED) is 0.839. The molecule has 2 N–H and O–H groups in total. The molecule has 0 aliphatic carbocycles. The van der Waals surface area contributed by atoms with Gasteiger partial charge in [-0.05, 0) is 37.8 Å². The first-order valence-electron chi connectivity index (χ1n) is 6.10. The Morgan fingerprint density at radius 3 is 2.61 bits per heavy atom. The number of nitrogens with zero attached hydrogens (tertiary/aromatic N) is 2. The molecule has 1 atom stereocenters. The Kier molecular flexibility index (Phi) is 5.22. The van der Waals surface area contributed by atoms with Crippen LogP contribution in [0.2, 0.25) is 0 Å². The van der Waals surface area contributed by atoms with Crippen LogP contribution in [0.15, 0.2) is 6.07 Å². The Morgan fingerprint density at radius 1 is 1.39 bits per heavy atom. The van der Waals surface area contributed by atoms with E-state index in [2.05, 4.69) is 10.2 Å². The molecule has 0 radical (unpaired) electrons. The maximum absolute atomic E-state index is 11.1. The Bertz CT molecular complexity index is 500. The molecule has 0 aromatic carbocycles. The van der Waals surface area contributed by atoms with Crippen LogP contribution in [0.4, 0.5) is 0 Å². The van der Waals surface area contributed by atoms with E-state index >= 15 is 0 Å². The second-order valence-electron chi connectivity index (χ2n) is 4.62. The number of aryl methyl sites for hydroxylation is 2. The third-order valence-electron chi connectivity index (χ3n) is 2.79. The highest BCUT2D eigenvalue weighted by Crippen LogP contribution is 2.19. The summed E-state index contributed by atoms with van der Waals surface area (Å²) in [5.41, 5.74) is 8.82. The Labute approximate surface area is 109 Å². The van der Waals surface area contributed by atoms with Gasteiger partial charge in [0.2, 0.25) is 0 Å². The van der Waals surface area contributed by atoms with E-state index in [0.29, 0.717) is 12.8 Å². The average Bonchev–Trinajstić information content (AvgIpc) is 2.27. The molecular formula is C12H21N3O2S. The van der Waals surface area contributed by atoms with Gasteiger partial charge in [-0.15, -0.1) is 0 Å². The van der Waals surface area contributed by atoms with Gasteiger partial charge in [0.15, 0.2) is 0 Å². The van der Waals surface area contributed by atoms with Crippen LogP contribution in [0, 0.1) is 6.92 Å². The molecule has 5 nitrogen and oxygen atoms in total. The fraction of sp³-hybridized carbons (Fsp3) is 0.667. The van der Waals surface area contributed by atoms with Crippen molar-refractivity contribution in [2.24, 2.45) is 5.73 Å². The fourth-order valence-corrected chi connectivity index (χ4v) is 2.54. The molecule has 18 heavy (non-hydrogen) atoms. The third kappa shape index (κ3) is 4.70. The van der Waals surface area contributed by atoms with Gasteiger partial charge in [0.05, 0.1) is 11.4 Å². The van der Waals surface area contributed by atoms with Crippen LogP contribution in [-0.2, 0) is 16.3 Å². The normalized spacial score (nSPS) is 13.6. The van der Waals surface area contributed by atoms with Crippen LogP contribution in [0.5, 0.6) is 0 Å². The van der Waals surface area contributed by atoms with Crippen LogP contribution >= 0.6 is 0 Å². The van der Waals surface area contributed by atoms with Gasteiger partial charge in [0.1, 0.15) is 9.84 Å². The topological polar surface area (TPSA) is 85.9 Å². The first-order valence-corrected chi connectivity index (χ1v) is 8.16. The molecule has 0 fully saturated rings. The second-order valence-corrected chi connectivity index (χ2v) is 6.88. The number of hydrogen-bond acceptors (Lipinski definition) is 5. The zero-order valence-corrected chi connectivity index (χ0v) is 12.0. The summed E-state index contributed by atoms with van der Waals surface area (Å²) in [7, 11) is -2.91. The summed E-state index contributed by atoms with van der Waals surface area (Å²) in [6.07, 6.45) is 3.24. The van der Waals surface area contributed by atoms with Crippen LogP contribution in [0.25, 0.3) is 0 Å². The fourth-order valence-electron chi connectivity index (χ4n) is 1.85. The first kappa shape index (κ1) is 15.0. The highest BCUT2D eigenvalue weighted by atomic mass is 32.2. The lowest BCUT2D eigenvalue weighted by molar-refractivity contribution is 0.585. The third-order valence-corrected chi connectivity index (χ3v) is 3.82. The molecule has 1 rings (SSSR count). The van der Waals surface area contributed by atoms with E-state index in [9.17, 15) is 8.42 Å². The highest BCUT2D eigenvalue weighted by Gasteiger charge is 2.13. The van der Waals surface area contributed by atoms with Gasteiger partial charge in [-0.25, -0.2) is 8.42 Å². The van der Waals surface area contributed by atoms with Crippen molar-refractivity contribution in [1.82, 2.24) is 10.2 Å². The van der Waals surface area contributed by atoms with Crippen molar-refractivity contribution in [3.05, 3.63) is 23.0 Å². The molecule has 1 unspecified atom stereocenters. The van der Waals surface area contributed by atoms with Crippen molar-refractivity contribution in [2.75, 3.05) is 12.0 Å². The van der Waals surface area contributed by atoms with Crippen LogP contribution in [0.1, 0.15) is 42.8 Å². The standard InChI is InChI=1S/C12H21N3O2S/c1-4-12-10(8-9(2)14-15-12)11(13)6-5-7-18(3,16)17/h8,11H,4-7,13H2,1-3H3. The van der Waals surface area contributed by atoms with Gasteiger partial charge in [-0.2, -0.15) is 10.2 Å².